The molecule has 0 spiro atoms. The molecule has 2 aromatic heterocycles. The summed E-state index contributed by atoms with van der Waals surface area (Å²) in [5.74, 6) is 0. The summed E-state index contributed by atoms with van der Waals surface area (Å²) in [4.78, 5) is 40.6. The van der Waals surface area contributed by atoms with E-state index in [-0.39, 0.29) is 0 Å². The van der Waals surface area contributed by atoms with Crippen molar-refractivity contribution in [3.63, 3.8) is 0 Å². The van der Waals surface area contributed by atoms with Crippen LogP contribution >= 0.6 is 0 Å². The Bertz CT molecular complexity index is 1260. The molecule has 0 aromatic carbocycles. The van der Waals surface area contributed by atoms with Crippen molar-refractivity contribution in [3.05, 3.63) is 80.9 Å². The zero-order chi connectivity index (χ0) is 28.0. The lowest BCUT2D eigenvalue weighted by molar-refractivity contribution is 0.298. The molecule has 0 unspecified atom stereocenters. The highest BCUT2D eigenvalue weighted by Crippen LogP contribution is 2.09. The zero-order valence-electron chi connectivity index (χ0n) is 23.2. The standard InChI is InChI=1S/C29H37N9O/c1-21-5-10-26(37-39)29(34-17-21)20-33-13-16-38(14-11-31-18-27-22(2)6-7-23(3)35-27)15-12-32-19-28-25(30)9-8-24(4)36-28/h5-10,18-20H,11-17,30H2,1-4H3. The van der Waals surface area contributed by atoms with Crippen LogP contribution in [0.15, 0.2) is 72.8 Å². The molecule has 1 aliphatic rings. The van der Waals surface area contributed by atoms with E-state index in [0.717, 1.165) is 41.3 Å². The average Bonchev–Trinajstić information content (AvgIpc) is 3.10. The molecule has 10 nitrogen and oxygen atoms in total. The number of aromatic nitrogens is 2. The highest BCUT2D eigenvalue weighted by molar-refractivity contribution is 6.38. The van der Waals surface area contributed by atoms with Crippen LogP contribution in [0.5, 0.6) is 0 Å². The van der Waals surface area contributed by atoms with E-state index >= 15 is 0 Å². The summed E-state index contributed by atoms with van der Waals surface area (Å²) in [6, 6.07) is 7.77. The molecule has 3 rings (SSSR count). The first-order valence-electron chi connectivity index (χ1n) is 13.0. The van der Waals surface area contributed by atoms with Gasteiger partial charge in [-0.15, -0.1) is 4.91 Å². The van der Waals surface area contributed by atoms with Gasteiger partial charge in [-0.25, -0.2) is 4.98 Å². The van der Waals surface area contributed by atoms with Crippen molar-refractivity contribution in [2.45, 2.75) is 27.7 Å². The van der Waals surface area contributed by atoms with Crippen LogP contribution in [0.2, 0.25) is 0 Å². The Morgan fingerprint density at radius 3 is 2.08 bits per heavy atom. The monoisotopic (exact) mass is 527 g/mol. The summed E-state index contributed by atoms with van der Waals surface area (Å²) in [6.07, 6.45) is 8.74. The Balaban J connectivity index is 1.60. The third-order valence-electron chi connectivity index (χ3n) is 6.03. The minimum absolute atomic E-state index is 0.292. The maximum absolute atomic E-state index is 11.2. The van der Waals surface area contributed by atoms with Gasteiger partial charge >= 0.3 is 0 Å². The van der Waals surface area contributed by atoms with Gasteiger partial charge < -0.3 is 5.73 Å². The minimum atomic E-state index is 0.292. The molecule has 204 valence electrons. The smallest absolute Gasteiger partial charge is 0.134 e. The van der Waals surface area contributed by atoms with Crippen LogP contribution in [0.3, 0.4) is 0 Å². The Kier molecular flexibility index (Phi) is 11.5. The number of nitrogens with two attached hydrogens (primary N) is 1. The van der Waals surface area contributed by atoms with Crippen molar-refractivity contribution in [1.82, 2.24) is 14.9 Å². The first-order valence-corrected chi connectivity index (χ1v) is 13.0. The second-order valence-corrected chi connectivity index (χ2v) is 9.39. The Morgan fingerprint density at radius 2 is 1.41 bits per heavy atom. The summed E-state index contributed by atoms with van der Waals surface area (Å²) < 4.78 is 0. The summed E-state index contributed by atoms with van der Waals surface area (Å²) in [7, 11) is 0. The van der Waals surface area contributed by atoms with E-state index in [4.69, 9.17) is 5.73 Å². The summed E-state index contributed by atoms with van der Waals surface area (Å²) >= 11 is 0. The van der Waals surface area contributed by atoms with E-state index in [1.165, 1.54) is 0 Å². The van der Waals surface area contributed by atoms with Crippen LogP contribution in [0.4, 0.5) is 5.69 Å². The van der Waals surface area contributed by atoms with E-state index in [9.17, 15) is 4.91 Å². The Hall–Kier alpha value is -4.18. The molecule has 2 aromatic rings. The Labute approximate surface area is 230 Å². The van der Waals surface area contributed by atoms with Crippen LogP contribution in [-0.4, -0.2) is 85.0 Å². The Morgan fingerprint density at radius 1 is 0.821 bits per heavy atom. The molecule has 10 heteroatoms. The van der Waals surface area contributed by atoms with Gasteiger partial charge in [-0.3, -0.25) is 29.9 Å². The molecule has 0 saturated heterocycles. The molecule has 0 fully saturated rings. The number of nitroso groups, excluding NO2 is 1. The summed E-state index contributed by atoms with van der Waals surface area (Å²) in [6.45, 7) is 12.3. The fraction of sp³-hybridized carbons (Fsp3) is 0.379. The number of aliphatic imine (C=N–C) groups is 4. The van der Waals surface area contributed by atoms with Crippen LogP contribution in [0.25, 0.3) is 0 Å². The lowest BCUT2D eigenvalue weighted by Gasteiger charge is -2.19. The highest BCUT2D eigenvalue weighted by atomic mass is 16.3. The second-order valence-electron chi connectivity index (χ2n) is 9.39. The number of hydrogen-bond acceptors (Lipinski definition) is 10. The van der Waals surface area contributed by atoms with E-state index in [0.29, 0.717) is 55.5 Å². The maximum Gasteiger partial charge on any atom is 0.134 e. The van der Waals surface area contributed by atoms with Crippen LogP contribution < -0.4 is 5.73 Å². The number of anilines is 1. The zero-order valence-corrected chi connectivity index (χ0v) is 23.2. The number of hydrogen-bond donors (Lipinski definition) is 1. The van der Waals surface area contributed by atoms with Crippen LogP contribution in [-0.2, 0) is 0 Å². The number of rotatable bonds is 13. The second kappa shape index (κ2) is 15.3. The lowest BCUT2D eigenvalue weighted by atomic mass is 10.2. The third-order valence-corrected chi connectivity index (χ3v) is 6.03. The maximum atomic E-state index is 11.2. The van der Waals surface area contributed by atoms with Gasteiger partial charge in [-0.1, -0.05) is 17.7 Å². The molecule has 39 heavy (non-hydrogen) atoms. The fourth-order valence-corrected chi connectivity index (χ4v) is 3.69. The average molecular weight is 528 g/mol. The van der Waals surface area contributed by atoms with Gasteiger partial charge in [-0.05, 0) is 62.7 Å². The van der Waals surface area contributed by atoms with Crippen molar-refractivity contribution in [1.29, 1.82) is 0 Å². The molecule has 3 heterocycles. The molecule has 0 bridgehead atoms. The van der Waals surface area contributed by atoms with Crippen molar-refractivity contribution in [3.8, 4) is 0 Å². The molecule has 0 amide bonds. The van der Waals surface area contributed by atoms with Gasteiger partial charge in [0.25, 0.3) is 0 Å². The quantitative estimate of drug-likeness (QED) is 0.311. The number of nitrogen functional groups attached to an aromatic ring is 1. The number of pyridine rings is 2. The first-order chi connectivity index (χ1) is 18.9. The van der Waals surface area contributed by atoms with Crippen molar-refractivity contribution in [2.75, 3.05) is 51.5 Å². The molecular formula is C29H37N9O. The number of nitrogens with zero attached hydrogens (tertiary/aromatic N) is 8. The van der Waals surface area contributed by atoms with Crippen molar-refractivity contribution >= 4 is 30.0 Å². The molecule has 0 atom stereocenters. The molecule has 0 radical (unpaired) electrons. The topological polar surface area (TPSA) is 134 Å². The van der Waals surface area contributed by atoms with Crippen molar-refractivity contribution < 1.29 is 0 Å². The number of aryl methyl sites for hydroxylation is 3. The van der Waals surface area contributed by atoms with E-state index < -0.39 is 0 Å². The predicted molar refractivity (Wildman–Crippen MR) is 162 cm³/mol. The molecular weight excluding hydrogens is 490 g/mol. The SMILES string of the molecule is CC1=CC=C(N=O)C(C=NCCN(CCN=Cc2nc(C)ccc2C)CCN=Cc2nc(C)ccc2N)=NC1. The largest absolute Gasteiger partial charge is 0.397 e. The molecule has 0 aliphatic carbocycles. The fourth-order valence-electron chi connectivity index (χ4n) is 3.69. The van der Waals surface area contributed by atoms with E-state index in [1.807, 2.05) is 58.2 Å². The first kappa shape index (κ1) is 29.4. The normalized spacial score (nSPS) is 14.2. The van der Waals surface area contributed by atoms with Crippen LogP contribution in [0, 0.1) is 25.7 Å². The van der Waals surface area contributed by atoms with Crippen molar-refractivity contribution in [2.24, 2.45) is 25.1 Å². The van der Waals surface area contributed by atoms with Crippen LogP contribution in [0.1, 0.15) is 35.3 Å². The lowest BCUT2D eigenvalue weighted by Crippen LogP contribution is -2.31. The van der Waals surface area contributed by atoms with Gasteiger partial charge in [-0.2, -0.15) is 0 Å². The van der Waals surface area contributed by atoms with E-state index in [1.54, 1.807) is 18.5 Å². The minimum Gasteiger partial charge on any atom is -0.397 e. The summed E-state index contributed by atoms with van der Waals surface area (Å²) in [5, 5.41) is 3.09. The van der Waals surface area contributed by atoms with Gasteiger partial charge in [0.05, 0.1) is 37.6 Å². The molecule has 1 aliphatic heterocycles. The van der Waals surface area contributed by atoms with E-state index in [2.05, 4.69) is 46.1 Å². The van der Waals surface area contributed by atoms with Gasteiger partial charge in [0.15, 0.2) is 0 Å². The third kappa shape index (κ3) is 9.90. The van der Waals surface area contributed by atoms with Gasteiger partial charge in [0, 0.05) is 49.7 Å². The predicted octanol–water partition coefficient (Wildman–Crippen LogP) is 3.95. The molecule has 0 saturated carbocycles. The van der Waals surface area contributed by atoms with Gasteiger partial charge in [0.1, 0.15) is 17.1 Å². The number of allylic oxidation sites excluding steroid dienone is 3. The van der Waals surface area contributed by atoms with Gasteiger partial charge in [0.2, 0.25) is 0 Å². The molecule has 2 N–H and O–H groups in total. The highest BCUT2D eigenvalue weighted by Gasteiger charge is 2.08. The summed E-state index contributed by atoms with van der Waals surface area (Å²) in [5.41, 5.74) is 13.0.